The van der Waals surface area contributed by atoms with Crippen molar-refractivity contribution in [2.45, 2.75) is 78.6 Å². The fraction of sp³-hybridized carbons (Fsp3) is 0.405. The average molecular weight is 569 g/mol. The van der Waals surface area contributed by atoms with Crippen molar-refractivity contribution in [2.75, 3.05) is 13.2 Å². The van der Waals surface area contributed by atoms with E-state index < -0.39 is 5.97 Å². The first-order chi connectivity index (χ1) is 20.5. The summed E-state index contributed by atoms with van der Waals surface area (Å²) >= 11 is 0. The largest absolute Gasteiger partial charge is 0.494 e. The van der Waals surface area contributed by atoms with E-state index in [1.807, 2.05) is 12.1 Å². The molecule has 0 aromatic heterocycles. The highest BCUT2D eigenvalue weighted by atomic mass is 16.5. The number of carbonyl (C=O) groups is 2. The molecule has 0 unspecified atom stereocenters. The summed E-state index contributed by atoms with van der Waals surface area (Å²) in [5, 5.41) is 0. The second-order valence-corrected chi connectivity index (χ2v) is 10.7. The summed E-state index contributed by atoms with van der Waals surface area (Å²) < 4.78 is 16.7. The second-order valence-electron chi connectivity index (χ2n) is 10.7. The van der Waals surface area contributed by atoms with E-state index >= 15 is 0 Å². The van der Waals surface area contributed by atoms with Crippen LogP contribution in [0.1, 0.15) is 110 Å². The van der Waals surface area contributed by atoms with Crippen LogP contribution in [0.3, 0.4) is 0 Å². The molecule has 1 atom stereocenters. The molecule has 42 heavy (non-hydrogen) atoms. The van der Waals surface area contributed by atoms with E-state index in [0.717, 1.165) is 29.7 Å². The van der Waals surface area contributed by atoms with E-state index in [0.29, 0.717) is 36.0 Å². The molecule has 0 bridgehead atoms. The van der Waals surface area contributed by atoms with Gasteiger partial charge in [0.1, 0.15) is 11.5 Å². The highest BCUT2D eigenvalue weighted by molar-refractivity contribution is 5.91. The average Bonchev–Trinajstić information content (AvgIpc) is 3.02. The number of rotatable bonds is 16. The standard InChI is InChI=1S/C37H44O5/c1-4-6-7-8-9-10-11-12-27-40-34-25-21-33(22-26-34)37(39)42-35-23-17-31(18-24-35)14-13-30-15-19-32(20-16-30)36(38)41-28-29(3)5-2/h15-26,29H,4-12,27-28H2,1-3H3/t29-/m0/s1. The molecule has 3 aromatic carbocycles. The Labute approximate surface area is 251 Å². The number of ether oxygens (including phenoxy) is 3. The first-order valence-electron chi connectivity index (χ1n) is 15.3. The number of benzene rings is 3. The zero-order valence-electron chi connectivity index (χ0n) is 25.3. The third kappa shape index (κ3) is 11.8. The predicted octanol–water partition coefficient (Wildman–Crippen LogP) is 9.03. The van der Waals surface area contributed by atoms with Gasteiger partial charge in [-0.1, -0.05) is 84.0 Å². The van der Waals surface area contributed by atoms with Crippen LogP contribution in [-0.2, 0) is 4.74 Å². The molecule has 5 nitrogen and oxygen atoms in total. The Balaban J connectivity index is 1.41. The molecule has 0 N–H and O–H groups in total. The van der Waals surface area contributed by atoms with Crippen molar-refractivity contribution in [1.29, 1.82) is 0 Å². The van der Waals surface area contributed by atoms with E-state index in [1.54, 1.807) is 60.7 Å². The Morgan fingerprint density at radius 3 is 1.74 bits per heavy atom. The van der Waals surface area contributed by atoms with Crippen molar-refractivity contribution in [1.82, 2.24) is 0 Å². The summed E-state index contributed by atoms with van der Waals surface area (Å²) in [5.74, 6) is 6.98. The molecular weight excluding hydrogens is 524 g/mol. The first kappa shape index (κ1) is 32.5. The van der Waals surface area contributed by atoms with Crippen molar-refractivity contribution in [3.8, 4) is 23.3 Å². The SMILES string of the molecule is CCCCCCCCCCOc1ccc(C(=O)Oc2ccc(C#Cc3ccc(C(=O)OC[C@@H](C)CC)cc3)cc2)cc1. The van der Waals surface area contributed by atoms with Crippen LogP contribution >= 0.6 is 0 Å². The lowest BCUT2D eigenvalue weighted by Crippen LogP contribution is -2.11. The van der Waals surface area contributed by atoms with E-state index in [2.05, 4.69) is 32.6 Å². The van der Waals surface area contributed by atoms with Crippen molar-refractivity contribution in [3.05, 3.63) is 95.1 Å². The lowest BCUT2D eigenvalue weighted by atomic mass is 10.1. The van der Waals surface area contributed by atoms with Gasteiger partial charge in [0.05, 0.1) is 24.3 Å². The highest BCUT2D eigenvalue weighted by Crippen LogP contribution is 2.18. The maximum atomic E-state index is 12.6. The minimum atomic E-state index is -0.425. The van der Waals surface area contributed by atoms with Crippen LogP contribution in [0.15, 0.2) is 72.8 Å². The van der Waals surface area contributed by atoms with Crippen molar-refractivity contribution >= 4 is 11.9 Å². The molecule has 0 aliphatic carbocycles. The molecule has 0 aliphatic rings. The van der Waals surface area contributed by atoms with Crippen LogP contribution in [0.4, 0.5) is 0 Å². The van der Waals surface area contributed by atoms with Gasteiger partial charge >= 0.3 is 11.9 Å². The molecule has 0 radical (unpaired) electrons. The second kappa shape index (κ2) is 18.4. The van der Waals surface area contributed by atoms with Crippen LogP contribution < -0.4 is 9.47 Å². The van der Waals surface area contributed by atoms with Gasteiger partial charge in [-0.2, -0.15) is 0 Å². The quantitative estimate of drug-likeness (QED) is 0.0747. The Morgan fingerprint density at radius 1 is 0.643 bits per heavy atom. The van der Waals surface area contributed by atoms with Crippen LogP contribution in [0.25, 0.3) is 0 Å². The van der Waals surface area contributed by atoms with Crippen LogP contribution in [0, 0.1) is 17.8 Å². The minimum absolute atomic E-state index is 0.321. The fourth-order valence-corrected chi connectivity index (χ4v) is 4.14. The van der Waals surface area contributed by atoms with Crippen molar-refractivity contribution < 1.29 is 23.8 Å². The van der Waals surface area contributed by atoms with E-state index in [-0.39, 0.29) is 5.97 Å². The molecule has 0 fully saturated rings. The van der Waals surface area contributed by atoms with Crippen molar-refractivity contribution in [2.24, 2.45) is 5.92 Å². The number of unbranched alkanes of at least 4 members (excludes halogenated alkanes) is 7. The number of hydrogen-bond acceptors (Lipinski definition) is 5. The molecule has 3 aromatic rings. The van der Waals surface area contributed by atoms with Gasteiger partial charge in [-0.15, -0.1) is 0 Å². The summed E-state index contributed by atoms with van der Waals surface area (Å²) in [7, 11) is 0. The number of carbonyl (C=O) groups excluding carboxylic acids is 2. The molecule has 222 valence electrons. The van der Waals surface area contributed by atoms with Gasteiger partial charge in [0, 0.05) is 11.1 Å². The van der Waals surface area contributed by atoms with E-state index in [1.165, 1.54) is 44.9 Å². The predicted molar refractivity (Wildman–Crippen MR) is 168 cm³/mol. The van der Waals surface area contributed by atoms with Gasteiger partial charge in [-0.25, -0.2) is 9.59 Å². The van der Waals surface area contributed by atoms with Gasteiger partial charge in [0.15, 0.2) is 0 Å². The summed E-state index contributed by atoms with van der Waals surface area (Å²) in [4.78, 5) is 24.8. The minimum Gasteiger partial charge on any atom is -0.494 e. The van der Waals surface area contributed by atoms with E-state index in [9.17, 15) is 9.59 Å². The highest BCUT2D eigenvalue weighted by Gasteiger charge is 2.10. The molecule has 0 saturated carbocycles. The zero-order chi connectivity index (χ0) is 30.0. The molecule has 0 heterocycles. The lowest BCUT2D eigenvalue weighted by Gasteiger charge is -2.09. The molecule has 3 rings (SSSR count). The normalized spacial score (nSPS) is 11.2. The third-order valence-electron chi connectivity index (χ3n) is 7.09. The summed E-state index contributed by atoms with van der Waals surface area (Å²) in [6.45, 7) is 7.47. The molecular formula is C37H44O5. The third-order valence-corrected chi connectivity index (χ3v) is 7.09. The Bertz CT molecular complexity index is 1280. The molecule has 0 saturated heterocycles. The maximum absolute atomic E-state index is 12.6. The Hall–Kier alpha value is -4.04. The van der Waals surface area contributed by atoms with E-state index in [4.69, 9.17) is 14.2 Å². The van der Waals surface area contributed by atoms with Crippen LogP contribution in [0.2, 0.25) is 0 Å². The van der Waals surface area contributed by atoms with Crippen molar-refractivity contribution in [3.63, 3.8) is 0 Å². The molecule has 5 heteroatoms. The van der Waals surface area contributed by atoms with Crippen LogP contribution in [0.5, 0.6) is 11.5 Å². The topological polar surface area (TPSA) is 61.8 Å². The smallest absolute Gasteiger partial charge is 0.343 e. The summed E-state index contributed by atoms with van der Waals surface area (Å²) in [5.41, 5.74) is 2.54. The van der Waals surface area contributed by atoms with Gasteiger partial charge in [0.25, 0.3) is 0 Å². The number of hydrogen-bond donors (Lipinski definition) is 0. The maximum Gasteiger partial charge on any atom is 0.343 e. The molecule has 0 spiro atoms. The Kier molecular flexibility index (Phi) is 14.2. The van der Waals surface area contributed by atoms with Gasteiger partial charge < -0.3 is 14.2 Å². The lowest BCUT2D eigenvalue weighted by molar-refractivity contribution is 0.0447. The molecule has 0 aliphatic heterocycles. The van der Waals surface area contributed by atoms with Gasteiger partial charge in [0.2, 0.25) is 0 Å². The first-order valence-corrected chi connectivity index (χ1v) is 15.3. The zero-order valence-corrected chi connectivity index (χ0v) is 25.3. The fourth-order valence-electron chi connectivity index (χ4n) is 4.14. The summed E-state index contributed by atoms with van der Waals surface area (Å²) in [6.07, 6.45) is 11.1. The number of esters is 2. The van der Waals surface area contributed by atoms with Gasteiger partial charge in [-0.05, 0) is 85.1 Å². The monoisotopic (exact) mass is 568 g/mol. The Morgan fingerprint density at radius 2 is 1.14 bits per heavy atom. The summed E-state index contributed by atoms with van der Waals surface area (Å²) in [6, 6.07) is 21.2. The molecule has 0 amide bonds. The van der Waals surface area contributed by atoms with Gasteiger partial charge in [-0.3, -0.25) is 0 Å². The van der Waals surface area contributed by atoms with Crippen LogP contribution in [-0.4, -0.2) is 25.2 Å².